The van der Waals surface area contributed by atoms with Crippen molar-refractivity contribution in [2.24, 2.45) is 0 Å². The van der Waals surface area contributed by atoms with Gasteiger partial charge in [0.15, 0.2) is 5.78 Å². The topological polar surface area (TPSA) is 75.7 Å². The Morgan fingerprint density at radius 2 is 1.80 bits per heavy atom. The number of halogens is 1. The number of ether oxygens (including phenoxy) is 1. The summed E-state index contributed by atoms with van der Waals surface area (Å²) in [7, 11) is 3.25. The largest absolute Gasteiger partial charge is 0.444 e. The zero-order valence-corrected chi connectivity index (χ0v) is 13.4. The van der Waals surface area contributed by atoms with Crippen LogP contribution in [0.15, 0.2) is 0 Å². The van der Waals surface area contributed by atoms with Gasteiger partial charge in [0, 0.05) is 20.5 Å². The molecule has 6 nitrogen and oxygen atoms in total. The second-order valence-corrected chi connectivity index (χ2v) is 5.89. The molecule has 20 heavy (non-hydrogen) atoms. The number of rotatable bonds is 6. The summed E-state index contributed by atoms with van der Waals surface area (Å²) in [6, 6.07) is -0.814. The van der Waals surface area contributed by atoms with E-state index in [1.54, 1.807) is 34.9 Å². The highest BCUT2D eigenvalue weighted by Gasteiger charge is 2.24. The van der Waals surface area contributed by atoms with Crippen LogP contribution in [0.2, 0.25) is 0 Å². The van der Waals surface area contributed by atoms with Gasteiger partial charge >= 0.3 is 6.09 Å². The number of hydrogen-bond acceptors (Lipinski definition) is 4. The van der Waals surface area contributed by atoms with Crippen LogP contribution in [0, 0.1) is 0 Å². The van der Waals surface area contributed by atoms with Crippen LogP contribution in [0.4, 0.5) is 4.79 Å². The molecule has 0 saturated heterocycles. The molecule has 0 aliphatic carbocycles. The van der Waals surface area contributed by atoms with Crippen LogP contribution >= 0.6 is 11.6 Å². The molecule has 0 unspecified atom stereocenters. The second-order valence-electron chi connectivity index (χ2n) is 5.63. The van der Waals surface area contributed by atoms with Gasteiger partial charge in [0.1, 0.15) is 5.60 Å². The highest BCUT2D eigenvalue weighted by atomic mass is 35.5. The van der Waals surface area contributed by atoms with Gasteiger partial charge < -0.3 is 15.0 Å². The first-order valence-corrected chi connectivity index (χ1v) is 6.88. The summed E-state index contributed by atoms with van der Waals surface area (Å²) in [5.41, 5.74) is -0.655. The van der Waals surface area contributed by atoms with Gasteiger partial charge in [-0.3, -0.25) is 9.59 Å². The first-order valence-electron chi connectivity index (χ1n) is 6.35. The molecule has 0 fully saturated rings. The lowest BCUT2D eigenvalue weighted by Crippen LogP contribution is -2.44. The Labute approximate surface area is 124 Å². The number of hydrogen-bond donors (Lipinski definition) is 1. The molecule has 0 rings (SSSR count). The third-order valence-electron chi connectivity index (χ3n) is 2.36. The van der Waals surface area contributed by atoms with E-state index in [-0.39, 0.29) is 30.4 Å². The predicted molar refractivity (Wildman–Crippen MR) is 76.8 cm³/mol. The monoisotopic (exact) mass is 306 g/mol. The number of carbonyl (C=O) groups excluding carboxylic acids is 3. The normalized spacial score (nSPS) is 12.5. The van der Waals surface area contributed by atoms with Crippen LogP contribution in [0.5, 0.6) is 0 Å². The summed E-state index contributed by atoms with van der Waals surface area (Å²) in [4.78, 5) is 36.2. The summed E-state index contributed by atoms with van der Waals surface area (Å²) in [5.74, 6) is -0.691. The molecule has 7 heteroatoms. The summed E-state index contributed by atoms with van der Waals surface area (Å²) >= 11 is 5.50. The van der Waals surface area contributed by atoms with Gasteiger partial charge in [0.2, 0.25) is 5.91 Å². The summed E-state index contributed by atoms with van der Waals surface area (Å²) in [6.45, 7) is 5.17. The Morgan fingerprint density at radius 1 is 1.25 bits per heavy atom. The zero-order chi connectivity index (χ0) is 15.9. The van der Waals surface area contributed by atoms with E-state index in [1.165, 1.54) is 4.90 Å². The third-order valence-corrected chi connectivity index (χ3v) is 2.62. The number of nitrogens with one attached hydrogen (secondary N) is 1. The maximum Gasteiger partial charge on any atom is 0.408 e. The van der Waals surface area contributed by atoms with E-state index in [0.29, 0.717) is 0 Å². The molecule has 0 aliphatic heterocycles. The van der Waals surface area contributed by atoms with Crippen molar-refractivity contribution >= 4 is 29.4 Å². The number of ketones is 1. The molecule has 0 spiro atoms. The molecule has 1 N–H and O–H groups in total. The average molecular weight is 307 g/mol. The van der Waals surface area contributed by atoms with Crippen LogP contribution < -0.4 is 5.32 Å². The molecule has 2 amide bonds. The van der Waals surface area contributed by atoms with E-state index in [0.717, 1.165) is 0 Å². The number of nitrogens with zero attached hydrogens (tertiary/aromatic N) is 1. The number of Topliss-reactive ketones (excluding diaryl/α,β-unsaturated/α-hetero) is 1. The van der Waals surface area contributed by atoms with Crippen molar-refractivity contribution in [1.29, 1.82) is 0 Å². The van der Waals surface area contributed by atoms with E-state index >= 15 is 0 Å². The molecule has 1 atom stereocenters. The Morgan fingerprint density at radius 3 is 2.20 bits per heavy atom. The molecule has 0 aromatic heterocycles. The zero-order valence-electron chi connectivity index (χ0n) is 12.7. The molecular formula is C13H23ClN2O4. The molecule has 0 bridgehead atoms. The first kappa shape index (κ1) is 18.7. The fraction of sp³-hybridized carbons (Fsp3) is 0.769. The van der Waals surface area contributed by atoms with Crippen molar-refractivity contribution in [3.05, 3.63) is 0 Å². The minimum absolute atomic E-state index is 0.122. The second kappa shape index (κ2) is 8.09. The van der Waals surface area contributed by atoms with Crippen LogP contribution in [-0.2, 0) is 14.3 Å². The van der Waals surface area contributed by atoms with Crippen molar-refractivity contribution in [3.8, 4) is 0 Å². The summed E-state index contributed by atoms with van der Waals surface area (Å²) in [5, 5.41) is 2.45. The molecule has 0 aliphatic rings. The summed E-state index contributed by atoms with van der Waals surface area (Å²) in [6.07, 6.45) is -0.351. The maximum absolute atomic E-state index is 11.7. The van der Waals surface area contributed by atoms with Crippen molar-refractivity contribution < 1.29 is 19.1 Å². The SMILES string of the molecule is CN(C)C(=O)CC[C@H](NC(=O)OC(C)(C)C)C(=O)CCl. The van der Waals surface area contributed by atoms with E-state index in [1.807, 2.05) is 0 Å². The molecular weight excluding hydrogens is 284 g/mol. The Hall–Kier alpha value is -1.30. The van der Waals surface area contributed by atoms with E-state index in [2.05, 4.69) is 5.32 Å². The Bertz CT molecular complexity index is 364. The smallest absolute Gasteiger partial charge is 0.408 e. The first-order chi connectivity index (χ1) is 9.06. The van der Waals surface area contributed by atoms with Gasteiger partial charge in [-0.05, 0) is 27.2 Å². The quantitative estimate of drug-likeness (QED) is 0.756. The van der Waals surface area contributed by atoms with E-state index < -0.39 is 17.7 Å². The highest BCUT2D eigenvalue weighted by Crippen LogP contribution is 2.08. The summed E-state index contributed by atoms with van der Waals surface area (Å²) < 4.78 is 5.08. The molecule has 0 aromatic carbocycles. The lowest BCUT2D eigenvalue weighted by atomic mass is 10.1. The lowest BCUT2D eigenvalue weighted by molar-refractivity contribution is -0.129. The average Bonchev–Trinajstić information content (AvgIpc) is 2.30. The van der Waals surface area contributed by atoms with E-state index in [9.17, 15) is 14.4 Å². The van der Waals surface area contributed by atoms with Crippen LogP contribution in [0.3, 0.4) is 0 Å². The van der Waals surface area contributed by atoms with Gasteiger partial charge in [0.05, 0.1) is 11.9 Å². The van der Waals surface area contributed by atoms with Crippen LogP contribution in [0.25, 0.3) is 0 Å². The number of amides is 2. The van der Waals surface area contributed by atoms with Crippen molar-refractivity contribution in [2.45, 2.75) is 45.3 Å². The number of alkyl halides is 1. The molecule has 0 aromatic rings. The van der Waals surface area contributed by atoms with Gasteiger partial charge in [0.25, 0.3) is 0 Å². The minimum Gasteiger partial charge on any atom is -0.444 e. The van der Waals surface area contributed by atoms with Gasteiger partial charge in [-0.15, -0.1) is 11.6 Å². The number of carbonyl (C=O) groups is 3. The third kappa shape index (κ3) is 7.99. The van der Waals surface area contributed by atoms with Gasteiger partial charge in [-0.2, -0.15) is 0 Å². The van der Waals surface area contributed by atoms with Crippen LogP contribution in [0.1, 0.15) is 33.6 Å². The van der Waals surface area contributed by atoms with Gasteiger partial charge in [-0.1, -0.05) is 0 Å². The molecule has 0 radical (unpaired) electrons. The standard InChI is InChI=1S/C13H23ClN2O4/c1-13(2,3)20-12(19)15-9(10(17)8-14)6-7-11(18)16(4)5/h9H,6-8H2,1-5H3,(H,15,19)/t9-/m0/s1. The highest BCUT2D eigenvalue weighted by molar-refractivity contribution is 6.28. The van der Waals surface area contributed by atoms with Gasteiger partial charge in [-0.25, -0.2) is 4.79 Å². The lowest BCUT2D eigenvalue weighted by Gasteiger charge is -2.23. The van der Waals surface area contributed by atoms with Crippen molar-refractivity contribution in [3.63, 3.8) is 0 Å². The van der Waals surface area contributed by atoms with E-state index in [4.69, 9.17) is 16.3 Å². The fourth-order valence-corrected chi connectivity index (χ4v) is 1.53. The fourth-order valence-electron chi connectivity index (χ4n) is 1.35. The minimum atomic E-state index is -0.814. The Kier molecular flexibility index (Phi) is 7.57. The molecule has 0 saturated carbocycles. The molecule has 0 heterocycles. The van der Waals surface area contributed by atoms with Crippen molar-refractivity contribution in [1.82, 2.24) is 10.2 Å². The Balaban J connectivity index is 4.54. The predicted octanol–water partition coefficient (Wildman–Crippen LogP) is 1.56. The van der Waals surface area contributed by atoms with Crippen molar-refractivity contribution in [2.75, 3.05) is 20.0 Å². The molecule has 116 valence electrons. The number of alkyl carbamates (subject to hydrolysis) is 1. The van der Waals surface area contributed by atoms with Crippen LogP contribution in [-0.4, -0.2) is 54.3 Å². The maximum atomic E-state index is 11.7.